The first-order chi connectivity index (χ1) is 8.96. The summed E-state index contributed by atoms with van der Waals surface area (Å²) in [4.78, 5) is 13.7. The molecule has 2 rings (SSSR count). The van der Waals surface area contributed by atoms with Crippen molar-refractivity contribution in [3.8, 4) is 0 Å². The Morgan fingerprint density at radius 1 is 1.37 bits per heavy atom. The van der Waals surface area contributed by atoms with Gasteiger partial charge in [-0.1, -0.05) is 30.3 Å². The number of hydrogen-bond acceptors (Lipinski definition) is 4. The maximum absolute atomic E-state index is 11.9. The van der Waals surface area contributed by atoms with Crippen molar-refractivity contribution >= 4 is 21.8 Å². The molecule has 19 heavy (non-hydrogen) atoms. The van der Waals surface area contributed by atoms with Crippen LogP contribution in [0.5, 0.6) is 0 Å². The van der Waals surface area contributed by atoms with Gasteiger partial charge in [-0.05, 0) is 12.5 Å². The lowest BCUT2D eigenvalue weighted by atomic mass is 10.2. The van der Waals surface area contributed by atoms with Gasteiger partial charge in [-0.3, -0.25) is 0 Å². The third-order valence-corrected chi connectivity index (χ3v) is 3.64. The Morgan fingerprint density at radius 3 is 2.74 bits per heavy atom. The number of benzene rings is 1. The van der Waals surface area contributed by atoms with Crippen LogP contribution < -0.4 is 10.3 Å². The van der Waals surface area contributed by atoms with Crippen LogP contribution in [0.2, 0.25) is 0 Å². The first-order valence-corrected chi connectivity index (χ1v) is 7.26. The lowest BCUT2D eigenvalue weighted by Crippen LogP contribution is -2.54. The summed E-state index contributed by atoms with van der Waals surface area (Å²) in [6.07, 6.45) is 0. The SMILES string of the molecule is CC1=NNC(=O)N(NS(=O)(=O)Cc2ccccc2)C1. The topological polar surface area (TPSA) is 90.9 Å². The van der Waals surface area contributed by atoms with Gasteiger partial charge in [0.1, 0.15) is 0 Å². The fraction of sp³-hybridized carbons (Fsp3) is 0.273. The number of rotatable bonds is 4. The summed E-state index contributed by atoms with van der Waals surface area (Å²) in [6.45, 7) is 1.82. The second-order valence-corrected chi connectivity index (χ2v) is 5.89. The number of hydrazine groups is 1. The molecule has 0 saturated heterocycles. The second kappa shape index (κ2) is 5.37. The van der Waals surface area contributed by atoms with Crippen LogP contribution in [0.4, 0.5) is 4.79 Å². The zero-order valence-electron chi connectivity index (χ0n) is 10.3. The summed E-state index contributed by atoms with van der Waals surface area (Å²) in [5, 5.41) is 4.70. The van der Waals surface area contributed by atoms with Gasteiger partial charge in [0.05, 0.1) is 18.0 Å². The molecule has 2 amide bonds. The second-order valence-electron chi connectivity index (χ2n) is 4.19. The van der Waals surface area contributed by atoms with Gasteiger partial charge in [-0.2, -0.15) is 5.10 Å². The lowest BCUT2D eigenvalue weighted by molar-refractivity contribution is 0.193. The molecular formula is C11H14N4O3S. The fourth-order valence-electron chi connectivity index (χ4n) is 1.61. The van der Waals surface area contributed by atoms with Crippen molar-refractivity contribution in [3.63, 3.8) is 0 Å². The minimum Gasteiger partial charge on any atom is -0.245 e. The van der Waals surface area contributed by atoms with Gasteiger partial charge in [0.25, 0.3) is 0 Å². The largest absolute Gasteiger partial charge is 0.353 e. The molecule has 0 aromatic heterocycles. The van der Waals surface area contributed by atoms with E-state index in [0.717, 1.165) is 5.01 Å². The molecule has 1 aromatic rings. The summed E-state index contributed by atoms with van der Waals surface area (Å²) in [7, 11) is -3.63. The van der Waals surface area contributed by atoms with Gasteiger partial charge in [-0.15, -0.1) is 4.83 Å². The number of sulfonamides is 1. The molecular weight excluding hydrogens is 268 g/mol. The third-order valence-electron chi connectivity index (χ3n) is 2.42. The van der Waals surface area contributed by atoms with Crippen molar-refractivity contribution in [3.05, 3.63) is 35.9 Å². The Bertz CT molecular complexity index is 598. The van der Waals surface area contributed by atoms with E-state index in [4.69, 9.17) is 0 Å². The van der Waals surface area contributed by atoms with Crippen LogP contribution in [0.25, 0.3) is 0 Å². The Labute approximate surface area is 111 Å². The number of carbonyl (C=O) groups is 1. The normalized spacial score (nSPS) is 15.9. The Morgan fingerprint density at radius 2 is 2.05 bits per heavy atom. The van der Waals surface area contributed by atoms with Crippen molar-refractivity contribution in [1.29, 1.82) is 0 Å². The van der Waals surface area contributed by atoms with Gasteiger partial charge >= 0.3 is 6.03 Å². The summed E-state index contributed by atoms with van der Waals surface area (Å²) in [5.41, 5.74) is 3.48. The molecule has 0 saturated carbocycles. The van der Waals surface area contributed by atoms with Crippen LogP contribution in [0, 0.1) is 0 Å². The Kier molecular flexibility index (Phi) is 3.82. The Balaban J connectivity index is 2.05. The number of carbonyl (C=O) groups excluding carboxylic acids is 1. The molecule has 0 radical (unpaired) electrons. The molecule has 1 heterocycles. The van der Waals surface area contributed by atoms with Crippen LogP contribution in [0.3, 0.4) is 0 Å². The molecule has 2 N–H and O–H groups in total. The van der Waals surface area contributed by atoms with Gasteiger partial charge in [-0.25, -0.2) is 23.6 Å². The van der Waals surface area contributed by atoms with Crippen molar-refractivity contribution in [2.24, 2.45) is 5.10 Å². The quantitative estimate of drug-likeness (QED) is 0.838. The van der Waals surface area contributed by atoms with Gasteiger partial charge in [0.2, 0.25) is 10.0 Å². The maximum Gasteiger partial charge on any atom is 0.353 e. The van der Waals surface area contributed by atoms with Gasteiger partial charge in [0.15, 0.2) is 0 Å². The molecule has 0 unspecified atom stereocenters. The summed E-state index contributed by atoms with van der Waals surface area (Å²) < 4.78 is 23.9. The van der Waals surface area contributed by atoms with E-state index in [1.165, 1.54) is 0 Å². The van der Waals surface area contributed by atoms with E-state index in [-0.39, 0.29) is 12.3 Å². The molecule has 0 bridgehead atoms. The van der Waals surface area contributed by atoms with E-state index < -0.39 is 16.1 Å². The molecule has 8 heteroatoms. The molecule has 1 aliphatic rings. The smallest absolute Gasteiger partial charge is 0.245 e. The number of urea groups is 1. The van der Waals surface area contributed by atoms with E-state index >= 15 is 0 Å². The first-order valence-electron chi connectivity index (χ1n) is 5.61. The minimum atomic E-state index is -3.63. The predicted molar refractivity (Wildman–Crippen MR) is 70.5 cm³/mol. The highest BCUT2D eigenvalue weighted by Crippen LogP contribution is 2.05. The van der Waals surface area contributed by atoms with Crippen molar-refractivity contribution < 1.29 is 13.2 Å². The molecule has 1 aromatic carbocycles. The monoisotopic (exact) mass is 282 g/mol. The van der Waals surface area contributed by atoms with Gasteiger partial charge in [0, 0.05) is 0 Å². The van der Waals surface area contributed by atoms with E-state index in [9.17, 15) is 13.2 Å². The van der Waals surface area contributed by atoms with Crippen molar-refractivity contribution in [1.82, 2.24) is 15.3 Å². The third kappa shape index (κ3) is 3.76. The van der Waals surface area contributed by atoms with E-state index in [0.29, 0.717) is 11.3 Å². The zero-order valence-corrected chi connectivity index (χ0v) is 11.1. The van der Waals surface area contributed by atoms with E-state index in [1.54, 1.807) is 37.3 Å². The number of nitrogens with one attached hydrogen (secondary N) is 2. The molecule has 0 atom stereocenters. The van der Waals surface area contributed by atoms with E-state index in [2.05, 4.69) is 15.4 Å². The summed E-state index contributed by atoms with van der Waals surface area (Å²) in [6, 6.07) is 8.15. The Hall–Kier alpha value is -1.93. The van der Waals surface area contributed by atoms with Crippen LogP contribution in [0.1, 0.15) is 12.5 Å². The van der Waals surface area contributed by atoms with Crippen LogP contribution >= 0.6 is 0 Å². The maximum atomic E-state index is 11.9. The molecule has 0 aliphatic carbocycles. The molecule has 102 valence electrons. The highest BCUT2D eigenvalue weighted by atomic mass is 32.2. The fourth-order valence-corrected chi connectivity index (χ4v) is 2.79. The summed E-state index contributed by atoms with van der Waals surface area (Å²) in [5.74, 6) is -0.187. The molecule has 7 nitrogen and oxygen atoms in total. The highest BCUT2D eigenvalue weighted by Gasteiger charge is 2.24. The molecule has 0 fully saturated rings. The van der Waals surface area contributed by atoms with Gasteiger partial charge < -0.3 is 0 Å². The van der Waals surface area contributed by atoms with E-state index in [1.807, 2.05) is 0 Å². The van der Waals surface area contributed by atoms with Crippen molar-refractivity contribution in [2.75, 3.05) is 6.54 Å². The number of amides is 2. The zero-order chi connectivity index (χ0) is 13.9. The predicted octanol–water partition coefficient (Wildman–Crippen LogP) is 0.422. The standard InChI is InChI=1S/C11H14N4O3S/c1-9-7-15(11(16)13-12-9)14-19(17,18)8-10-5-3-2-4-6-10/h2-6,14H,7-8H2,1H3,(H,13,16). The van der Waals surface area contributed by atoms with Crippen molar-refractivity contribution in [2.45, 2.75) is 12.7 Å². The van der Waals surface area contributed by atoms with Crippen LogP contribution in [-0.4, -0.2) is 31.7 Å². The summed E-state index contributed by atoms with van der Waals surface area (Å²) >= 11 is 0. The minimum absolute atomic E-state index is 0.125. The van der Waals surface area contributed by atoms with Crippen LogP contribution in [-0.2, 0) is 15.8 Å². The lowest BCUT2D eigenvalue weighted by Gasteiger charge is -2.25. The average Bonchev–Trinajstić information content (AvgIpc) is 2.34. The molecule has 1 aliphatic heterocycles. The number of hydrazone groups is 1. The number of nitrogens with zero attached hydrogens (tertiary/aromatic N) is 2. The highest BCUT2D eigenvalue weighted by molar-refractivity contribution is 7.88. The van der Waals surface area contributed by atoms with Crippen LogP contribution in [0.15, 0.2) is 35.4 Å². The average molecular weight is 282 g/mol. The molecule has 0 spiro atoms. The number of hydrogen-bond donors (Lipinski definition) is 2. The first kappa shape index (κ1) is 13.5.